The van der Waals surface area contributed by atoms with E-state index in [9.17, 15) is 23.9 Å². The number of benzene rings is 2. The highest BCUT2D eigenvalue weighted by atomic mass is 35.5. The highest BCUT2D eigenvalue weighted by Crippen LogP contribution is 2.47. The number of hydrogen-bond acceptors (Lipinski definition) is 5. The fourth-order valence-corrected chi connectivity index (χ4v) is 5.35. The molecule has 0 radical (unpaired) electrons. The Kier molecular flexibility index (Phi) is 8.63. The first-order valence-corrected chi connectivity index (χ1v) is 13.7. The van der Waals surface area contributed by atoms with Gasteiger partial charge in [0.25, 0.3) is 0 Å². The van der Waals surface area contributed by atoms with Crippen molar-refractivity contribution in [3.05, 3.63) is 70.5 Å². The van der Waals surface area contributed by atoms with E-state index in [1.807, 2.05) is 13.8 Å². The number of nitrogens with one attached hydrogen (secondary N) is 3. The number of carbonyl (C=O) groups is 3. The van der Waals surface area contributed by atoms with Crippen LogP contribution in [0.25, 0.3) is 0 Å². The van der Waals surface area contributed by atoms with Crippen LogP contribution in [-0.2, 0) is 19.9 Å². The summed E-state index contributed by atoms with van der Waals surface area (Å²) in [4.78, 5) is 41.8. The SMILES string of the molecule is CN[C@@H](C)C(=O)N[C@H](C(=O)N1CC(c2ccc(Cl)cc2)[C@@H](O)[C@H]1C(=O)NC1(c2ccccc2F)CC1)C(C)C. The van der Waals surface area contributed by atoms with Crippen LogP contribution in [0.5, 0.6) is 0 Å². The predicted molar refractivity (Wildman–Crippen MR) is 146 cm³/mol. The van der Waals surface area contributed by atoms with Crippen molar-refractivity contribution < 1.29 is 23.9 Å². The highest BCUT2D eigenvalue weighted by molar-refractivity contribution is 6.30. The zero-order valence-electron chi connectivity index (χ0n) is 22.6. The Hall–Kier alpha value is -3.01. The van der Waals surface area contributed by atoms with Crippen LogP contribution in [0.4, 0.5) is 4.39 Å². The molecule has 0 bridgehead atoms. The van der Waals surface area contributed by atoms with Crippen molar-refractivity contribution in [3.63, 3.8) is 0 Å². The van der Waals surface area contributed by atoms with Gasteiger partial charge in [-0.05, 0) is 56.5 Å². The van der Waals surface area contributed by atoms with Gasteiger partial charge in [0, 0.05) is 23.0 Å². The third kappa shape index (κ3) is 5.95. The zero-order chi connectivity index (χ0) is 28.5. The Morgan fingerprint density at radius 1 is 1.08 bits per heavy atom. The van der Waals surface area contributed by atoms with Crippen molar-refractivity contribution in [1.29, 1.82) is 0 Å². The molecule has 5 atom stereocenters. The number of aliphatic hydroxyl groups excluding tert-OH is 1. The fraction of sp³-hybridized carbons (Fsp3) is 0.483. The van der Waals surface area contributed by atoms with Crippen LogP contribution in [0.15, 0.2) is 48.5 Å². The summed E-state index contributed by atoms with van der Waals surface area (Å²) in [5, 5.41) is 20.6. The molecule has 210 valence electrons. The topological polar surface area (TPSA) is 111 Å². The first-order valence-electron chi connectivity index (χ1n) is 13.3. The van der Waals surface area contributed by atoms with E-state index in [2.05, 4.69) is 16.0 Å². The maximum absolute atomic E-state index is 14.6. The third-order valence-electron chi connectivity index (χ3n) is 7.87. The number of halogens is 2. The summed E-state index contributed by atoms with van der Waals surface area (Å²) in [7, 11) is 1.65. The van der Waals surface area contributed by atoms with E-state index in [0.717, 1.165) is 5.56 Å². The van der Waals surface area contributed by atoms with E-state index in [0.29, 0.717) is 23.4 Å². The molecule has 1 aliphatic carbocycles. The Morgan fingerprint density at radius 2 is 1.72 bits per heavy atom. The number of amides is 3. The average molecular weight is 559 g/mol. The summed E-state index contributed by atoms with van der Waals surface area (Å²) in [6.07, 6.45) is -0.140. The average Bonchev–Trinajstić information content (AvgIpc) is 3.60. The largest absolute Gasteiger partial charge is 0.390 e. The van der Waals surface area contributed by atoms with Gasteiger partial charge in [0.05, 0.1) is 17.7 Å². The summed E-state index contributed by atoms with van der Waals surface area (Å²) >= 11 is 6.06. The van der Waals surface area contributed by atoms with E-state index in [1.54, 1.807) is 56.4 Å². The van der Waals surface area contributed by atoms with Crippen molar-refractivity contribution in [3.8, 4) is 0 Å². The minimum Gasteiger partial charge on any atom is -0.390 e. The second-order valence-corrected chi connectivity index (χ2v) is 11.3. The summed E-state index contributed by atoms with van der Waals surface area (Å²) in [5.74, 6) is -2.65. The van der Waals surface area contributed by atoms with Gasteiger partial charge in [0.15, 0.2) is 0 Å². The molecule has 2 aliphatic rings. The van der Waals surface area contributed by atoms with Crippen LogP contribution in [0, 0.1) is 11.7 Å². The van der Waals surface area contributed by atoms with E-state index in [1.165, 1.54) is 11.0 Å². The molecule has 10 heteroatoms. The van der Waals surface area contributed by atoms with Crippen LogP contribution in [0.2, 0.25) is 5.02 Å². The number of hydrogen-bond donors (Lipinski definition) is 4. The fourth-order valence-electron chi connectivity index (χ4n) is 5.22. The van der Waals surface area contributed by atoms with Gasteiger partial charge in [0.2, 0.25) is 17.7 Å². The number of aliphatic hydroxyl groups is 1. The standard InChI is InChI=1S/C29H36ClFN4O4/c1-16(2)23(33-26(37)17(3)32-4)28(39)35-15-20(18-9-11-19(30)12-10-18)25(36)24(35)27(38)34-29(13-14-29)21-7-5-6-8-22(21)31/h5-12,16-17,20,23-25,32,36H,13-15H2,1-4H3,(H,33,37)(H,34,38)/t17-,20?,23-,24-,25+/m0/s1. The number of carbonyl (C=O) groups excluding carboxylic acids is 3. The van der Waals surface area contributed by atoms with Crippen LogP contribution in [-0.4, -0.2) is 65.5 Å². The van der Waals surface area contributed by atoms with Gasteiger partial charge in [-0.2, -0.15) is 0 Å². The van der Waals surface area contributed by atoms with E-state index in [4.69, 9.17) is 11.6 Å². The molecular formula is C29H36ClFN4O4. The van der Waals surface area contributed by atoms with Gasteiger partial charge < -0.3 is 26.0 Å². The lowest BCUT2D eigenvalue weighted by Gasteiger charge is -2.32. The zero-order valence-corrected chi connectivity index (χ0v) is 23.3. The quantitative estimate of drug-likeness (QED) is 0.378. The van der Waals surface area contributed by atoms with Gasteiger partial charge >= 0.3 is 0 Å². The Morgan fingerprint density at radius 3 is 2.28 bits per heavy atom. The van der Waals surface area contributed by atoms with Crippen molar-refractivity contribution in [1.82, 2.24) is 20.9 Å². The van der Waals surface area contributed by atoms with Gasteiger partial charge in [0.1, 0.15) is 17.9 Å². The van der Waals surface area contributed by atoms with E-state index in [-0.39, 0.29) is 18.4 Å². The van der Waals surface area contributed by atoms with Gasteiger partial charge in [-0.25, -0.2) is 4.39 Å². The molecule has 1 saturated heterocycles. The maximum atomic E-state index is 14.6. The smallest absolute Gasteiger partial charge is 0.246 e. The Labute approximate surface area is 233 Å². The monoisotopic (exact) mass is 558 g/mol. The summed E-state index contributed by atoms with van der Waals surface area (Å²) in [6.45, 7) is 5.36. The minimum atomic E-state index is -1.23. The number of likely N-dealkylation sites (tertiary alicyclic amines) is 1. The molecule has 4 N–H and O–H groups in total. The van der Waals surface area contributed by atoms with Crippen molar-refractivity contribution >= 4 is 29.3 Å². The predicted octanol–water partition coefficient (Wildman–Crippen LogP) is 2.69. The van der Waals surface area contributed by atoms with Gasteiger partial charge in [-0.1, -0.05) is 55.8 Å². The highest BCUT2D eigenvalue weighted by Gasteiger charge is 2.53. The van der Waals surface area contributed by atoms with Crippen molar-refractivity contribution in [2.24, 2.45) is 5.92 Å². The molecule has 39 heavy (non-hydrogen) atoms. The molecule has 1 saturated carbocycles. The summed E-state index contributed by atoms with van der Waals surface area (Å²) in [6, 6.07) is 10.5. The Balaban J connectivity index is 1.65. The summed E-state index contributed by atoms with van der Waals surface area (Å²) in [5.41, 5.74) is 0.221. The lowest BCUT2D eigenvalue weighted by molar-refractivity contribution is -0.144. The third-order valence-corrected chi connectivity index (χ3v) is 8.13. The van der Waals surface area contributed by atoms with Gasteiger partial charge in [-0.3, -0.25) is 14.4 Å². The second-order valence-electron chi connectivity index (χ2n) is 10.9. The normalized spacial score (nSPS) is 23.3. The van der Waals surface area contributed by atoms with Crippen LogP contribution in [0.3, 0.4) is 0 Å². The molecule has 2 aromatic rings. The van der Waals surface area contributed by atoms with Crippen LogP contribution >= 0.6 is 11.6 Å². The van der Waals surface area contributed by atoms with Crippen molar-refractivity contribution in [2.75, 3.05) is 13.6 Å². The molecule has 1 unspecified atom stereocenters. The molecule has 2 aromatic carbocycles. The lowest BCUT2D eigenvalue weighted by Crippen LogP contribution is -2.59. The molecule has 4 rings (SSSR count). The first-order chi connectivity index (χ1) is 18.5. The molecule has 0 aromatic heterocycles. The number of nitrogens with zero attached hydrogens (tertiary/aromatic N) is 1. The van der Waals surface area contributed by atoms with Gasteiger partial charge in [-0.15, -0.1) is 0 Å². The summed E-state index contributed by atoms with van der Waals surface area (Å²) < 4.78 is 14.6. The van der Waals surface area contributed by atoms with E-state index < -0.39 is 53.3 Å². The molecule has 3 amide bonds. The molecular weight excluding hydrogens is 523 g/mol. The molecule has 2 fully saturated rings. The van der Waals surface area contributed by atoms with Crippen LogP contribution in [0.1, 0.15) is 50.7 Å². The molecule has 0 spiro atoms. The van der Waals surface area contributed by atoms with Crippen molar-refractivity contribution in [2.45, 2.75) is 69.3 Å². The molecule has 1 heterocycles. The van der Waals surface area contributed by atoms with E-state index >= 15 is 0 Å². The van der Waals surface area contributed by atoms with Crippen LogP contribution < -0.4 is 16.0 Å². The number of rotatable bonds is 9. The Bertz CT molecular complexity index is 1220. The minimum absolute atomic E-state index is 0.0626. The number of likely N-dealkylation sites (N-methyl/N-ethyl adjacent to an activating group) is 1. The maximum Gasteiger partial charge on any atom is 0.246 e. The first kappa shape index (κ1) is 29.0. The lowest BCUT2D eigenvalue weighted by atomic mass is 9.93. The second kappa shape index (κ2) is 11.6. The molecule has 8 nitrogen and oxygen atoms in total. The molecule has 1 aliphatic heterocycles.